The van der Waals surface area contributed by atoms with Crippen molar-refractivity contribution in [2.75, 3.05) is 39.5 Å². The average molecular weight is 476 g/mol. The van der Waals surface area contributed by atoms with Crippen LogP contribution in [0.4, 0.5) is 0 Å². The van der Waals surface area contributed by atoms with Gasteiger partial charge in [-0.05, 0) is 24.6 Å². The van der Waals surface area contributed by atoms with E-state index < -0.39 is 12.1 Å². The van der Waals surface area contributed by atoms with Gasteiger partial charge < -0.3 is 24.4 Å². The van der Waals surface area contributed by atoms with Crippen LogP contribution in [-0.2, 0) is 30.3 Å². The molecule has 0 saturated heterocycles. The monoisotopic (exact) mass is 475 g/mol. The minimum atomic E-state index is -0.734. The van der Waals surface area contributed by atoms with E-state index in [-0.39, 0.29) is 18.4 Å². The number of nitrogens with zero attached hydrogens (tertiary/aromatic N) is 2. The van der Waals surface area contributed by atoms with E-state index in [4.69, 9.17) is 14.2 Å². The molecule has 0 saturated carbocycles. The molecule has 1 N–H and O–H groups in total. The van der Waals surface area contributed by atoms with Crippen LogP contribution < -0.4 is 5.32 Å². The van der Waals surface area contributed by atoms with Gasteiger partial charge in [0.2, 0.25) is 11.8 Å². The Bertz CT molecular complexity index is 1120. The fourth-order valence-electron chi connectivity index (χ4n) is 4.02. The summed E-state index contributed by atoms with van der Waals surface area (Å²) in [6.07, 6.45) is -0.513. The summed E-state index contributed by atoms with van der Waals surface area (Å²) >= 11 is 0. The maximum Gasteiger partial charge on any atom is 0.252 e. The van der Waals surface area contributed by atoms with Crippen LogP contribution in [0.5, 0.6) is 0 Å². The van der Waals surface area contributed by atoms with Gasteiger partial charge >= 0.3 is 0 Å². The van der Waals surface area contributed by atoms with Crippen molar-refractivity contribution in [1.29, 1.82) is 0 Å². The molecule has 2 aromatic carbocycles. The highest BCUT2D eigenvalue weighted by atomic mass is 16.5. The minimum Gasteiger partial charge on any atom is -0.466 e. The quantitative estimate of drug-likeness (QED) is 0.420. The number of rotatable bonds is 10. The van der Waals surface area contributed by atoms with Gasteiger partial charge in [0, 0.05) is 24.2 Å². The predicted molar refractivity (Wildman–Crippen MR) is 131 cm³/mol. The second-order valence-electron chi connectivity index (χ2n) is 8.12. The van der Waals surface area contributed by atoms with Gasteiger partial charge in [0.05, 0.1) is 26.4 Å². The minimum absolute atomic E-state index is 0.0641. The van der Waals surface area contributed by atoms with Gasteiger partial charge in [0.1, 0.15) is 6.61 Å². The summed E-state index contributed by atoms with van der Waals surface area (Å²) in [6.45, 7) is 3.97. The Morgan fingerprint density at radius 1 is 1.11 bits per heavy atom. The van der Waals surface area contributed by atoms with E-state index in [0.29, 0.717) is 45.4 Å². The van der Waals surface area contributed by atoms with Crippen LogP contribution in [0.25, 0.3) is 0 Å². The zero-order chi connectivity index (χ0) is 24.5. The van der Waals surface area contributed by atoms with E-state index in [2.05, 4.69) is 22.2 Å². The second kappa shape index (κ2) is 12.2. The van der Waals surface area contributed by atoms with Crippen molar-refractivity contribution in [2.45, 2.75) is 25.6 Å². The molecule has 4 rings (SSSR count). The Labute approximate surface area is 205 Å². The van der Waals surface area contributed by atoms with Gasteiger partial charge in [-0.1, -0.05) is 48.4 Å². The van der Waals surface area contributed by atoms with Crippen LogP contribution in [0.15, 0.2) is 59.6 Å². The molecule has 2 unspecified atom stereocenters. The van der Waals surface area contributed by atoms with Crippen molar-refractivity contribution in [3.05, 3.63) is 71.3 Å². The molecule has 0 spiro atoms. The topological polar surface area (TPSA) is 89.5 Å². The van der Waals surface area contributed by atoms with Crippen molar-refractivity contribution in [1.82, 2.24) is 10.2 Å². The molecular weight excluding hydrogens is 446 g/mol. The average Bonchev–Trinajstić information content (AvgIpc) is 3.29. The largest absolute Gasteiger partial charge is 0.466 e. The number of amides is 2. The number of ether oxygens (including phenoxy) is 3. The Hall–Kier alpha value is -3.67. The van der Waals surface area contributed by atoms with Gasteiger partial charge in [0.25, 0.3) is 5.91 Å². The molecule has 2 amide bonds. The Morgan fingerprint density at radius 2 is 1.89 bits per heavy atom. The summed E-state index contributed by atoms with van der Waals surface area (Å²) in [5, 5.41) is 2.81. The third-order valence-corrected chi connectivity index (χ3v) is 5.72. The van der Waals surface area contributed by atoms with Crippen molar-refractivity contribution >= 4 is 17.7 Å². The summed E-state index contributed by atoms with van der Waals surface area (Å²) in [5.74, 6) is 5.53. The molecule has 2 aromatic rings. The number of aliphatic imine (C=N–C) groups is 1. The normalized spacial score (nSPS) is 18.4. The molecular formula is C27H29N3O5. The lowest BCUT2D eigenvalue weighted by atomic mass is 9.99. The second-order valence-corrected chi connectivity index (χ2v) is 8.12. The highest BCUT2D eigenvalue weighted by Gasteiger charge is 2.43. The molecule has 8 heteroatoms. The number of carbonyl (C=O) groups excluding carboxylic acids is 2. The smallest absolute Gasteiger partial charge is 0.252 e. The van der Waals surface area contributed by atoms with E-state index in [1.165, 1.54) is 0 Å². The first-order valence-electron chi connectivity index (χ1n) is 11.7. The van der Waals surface area contributed by atoms with Gasteiger partial charge in [-0.25, -0.2) is 4.99 Å². The van der Waals surface area contributed by atoms with Crippen molar-refractivity contribution in [3.8, 4) is 11.8 Å². The SMILES string of the molecule is CC#CCOCCOCCNC(=O)CN1Cc2ccccc2C2OC(c3ccccc3)=NC2C1=O. The van der Waals surface area contributed by atoms with Gasteiger partial charge in [-0.2, -0.15) is 0 Å². The van der Waals surface area contributed by atoms with Crippen LogP contribution in [0.1, 0.15) is 29.7 Å². The zero-order valence-corrected chi connectivity index (χ0v) is 19.7. The molecule has 182 valence electrons. The molecule has 0 fully saturated rings. The van der Waals surface area contributed by atoms with Gasteiger partial charge in [-0.3, -0.25) is 9.59 Å². The summed E-state index contributed by atoms with van der Waals surface area (Å²) in [4.78, 5) is 32.2. The molecule has 2 heterocycles. The summed E-state index contributed by atoms with van der Waals surface area (Å²) < 4.78 is 16.9. The summed E-state index contributed by atoms with van der Waals surface area (Å²) in [7, 11) is 0. The van der Waals surface area contributed by atoms with E-state index in [1.54, 1.807) is 11.8 Å². The number of fused-ring (bicyclic) bond motifs is 3. The lowest BCUT2D eigenvalue weighted by Crippen LogP contribution is -2.44. The summed E-state index contributed by atoms with van der Waals surface area (Å²) in [5.41, 5.74) is 2.68. The highest BCUT2D eigenvalue weighted by Crippen LogP contribution is 2.37. The van der Waals surface area contributed by atoms with E-state index in [9.17, 15) is 9.59 Å². The summed E-state index contributed by atoms with van der Waals surface area (Å²) in [6, 6.07) is 16.6. The molecule has 8 nitrogen and oxygen atoms in total. The third kappa shape index (κ3) is 6.27. The van der Waals surface area contributed by atoms with Crippen LogP contribution in [0.3, 0.4) is 0 Å². The molecule has 0 radical (unpaired) electrons. The van der Waals surface area contributed by atoms with Crippen LogP contribution in [-0.4, -0.2) is 68.2 Å². The lowest BCUT2D eigenvalue weighted by molar-refractivity contribution is -0.138. The predicted octanol–water partition coefficient (Wildman–Crippen LogP) is 2.09. The number of carbonyl (C=O) groups is 2. The van der Waals surface area contributed by atoms with E-state index in [1.807, 2.05) is 54.6 Å². The Kier molecular flexibility index (Phi) is 8.49. The standard InChI is InChI=1S/C27H29N3O5/c1-2-3-14-33-16-17-34-15-13-28-23(31)19-30-18-21-11-7-8-12-22(21)25-24(27(30)32)29-26(35-25)20-9-5-4-6-10-20/h4-12,24-25H,13-19H2,1H3,(H,28,31). The Balaban J connectivity index is 1.35. The number of hydrogen-bond acceptors (Lipinski definition) is 6. The van der Waals surface area contributed by atoms with E-state index in [0.717, 1.165) is 16.7 Å². The van der Waals surface area contributed by atoms with Crippen LogP contribution in [0.2, 0.25) is 0 Å². The van der Waals surface area contributed by atoms with Crippen LogP contribution >= 0.6 is 0 Å². The molecule has 0 aromatic heterocycles. The third-order valence-electron chi connectivity index (χ3n) is 5.72. The van der Waals surface area contributed by atoms with Gasteiger partial charge in [-0.15, -0.1) is 5.92 Å². The van der Waals surface area contributed by atoms with Gasteiger partial charge in [0.15, 0.2) is 12.1 Å². The molecule has 2 aliphatic rings. The molecule has 0 aliphatic carbocycles. The fourth-order valence-corrected chi connectivity index (χ4v) is 4.02. The fraction of sp³-hybridized carbons (Fsp3) is 0.370. The number of nitrogens with one attached hydrogen (secondary N) is 1. The first kappa shape index (κ1) is 24.5. The first-order chi connectivity index (χ1) is 17.2. The number of benzene rings is 2. The molecule has 2 aliphatic heterocycles. The Morgan fingerprint density at radius 3 is 2.71 bits per heavy atom. The molecule has 0 bridgehead atoms. The highest BCUT2D eigenvalue weighted by molar-refractivity contribution is 5.99. The molecule has 35 heavy (non-hydrogen) atoms. The maximum atomic E-state index is 13.4. The van der Waals surface area contributed by atoms with Crippen molar-refractivity contribution < 1.29 is 23.8 Å². The maximum absolute atomic E-state index is 13.4. The van der Waals surface area contributed by atoms with Crippen molar-refractivity contribution in [3.63, 3.8) is 0 Å². The first-order valence-corrected chi connectivity index (χ1v) is 11.7. The number of hydrogen-bond donors (Lipinski definition) is 1. The van der Waals surface area contributed by atoms with Crippen LogP contribution in [0, 0.1) is 11.8 Å². The zero-order valence-electron chi connectivity index (χ0n) is 19.7. The molecule has 2 atom stereocenters. The van der Waals surface area contributed by atoms with E-state index >= 15 is 0 Å². The van der Waals surface area contributed by atoms with Crippen molar-refractivity contribution in [2.24, 2.45) is 4.99 Å². The lowest BCUT2D eigenvalue weighted by Gasteiger charge is -2.22.